The van der Waals surface area contributed by atoms with Crippen LogP contribution in [0.15, 0.2) is 6.07 Å². The lowest BCUT2D eigenvalue weighted by atomic mass is 9.99. The lowest BCUT2D eigenvalue weighted by molar-refractivity contribution is -0.107. The first kappa shape index (κ1) is 12.7. The summed E-state index contributed by atoms with van der Waals surface area (Å²) < 4.78 is 5.44. The number of nitrogens with one attached hydrogen (secondary N) is 1. The second-order valence-electron chi connectivity index (χ2n) is 3.94. The molecule has 0 radical (unpaired) electrons. The molecule has 0 aliphatic heterocycles. The number of hydrogen-bond acceptors (Lipinski definition) is 3. The Morgan fingerprint density at radius 2 is 2.00 bits per heavy atom. The van der Waals surface area contributed by atoms with Crippen molar-refractivity contribution in [2.24, 2.45) is 0 Å². The molecule has 0 heterocycles. The van der Waals surface area contributed by atoms with Crippen LogP contribution in [0.4, 0.5) is 0 Å². The van der Waals surface area contributed by atoms with Gasteiger partial charge < -0.3 is 14.8 Å². The molecule has 1 aromatic carbocycles. The quantitative estimate of drug-likeness (QED) is 0.609. The van der Waals surface area contributed by atoms with E-state index in [9.17, 15) is 4.79 Å². The highest BCUT2D eigenvalue weighted by Gasteiger charge is 2.11. The van der Waals surface area contributed by atoms with Gasteiger partial charge in [-0.3, -0.25) is 0 Å². The third-order valence-corrected chi connectivity index (χ3v) is 2.85. The summed E-state index contributed by atoms with van der Waals surface area (Å²) in [7, 11) is 1.68. The van der Waals surface area contributed by atoms with E-state index in [1.165, 1.54) is 11.1 Å². The van der Waals surface area contributed by atoms with Crippen molar-refractivity contribution < 1.29 is 9.53 Å². The van der Waals surface area contributed by atoms with Gasteiger partial charge in [0.2, 0.25) is 0 Å². The lowest BCUT2D eigenvalue weighted by Gasteiger charge is -2.16. The first-order valence-corrected chi connectivity index (χ1v) is 5.39. The molecule has 0 amide bonds. The molecule has 1 aromatic rings. The lowest BCUT2D eigenvalue weighted by Crippen LogP contribution is -2.17. The first-order valence-electron chi connectivity index (χ1n) is 5.39. The van der Waals surface area contributed by atoms with Gasteiger partial charge in [0.25, 0.3) is 0 Å². The zero-order valence-electron chi connectivity index (χ0n) is 10.4. The maximum absolute atomic E-state index is 10.3. The molecule has 0 fully saturated rings. The largest absolute Gasteiger partial charge is 0.496 e. The second kappa shape index (κ2) is 5.66. The zero-order chi connectivity index (χ0) is 12.1. The third-order valence-electron chi connectivity index (χ3n) is 2.85. The third kappa shape index (κ3) is 2.61. The average molecular weight is 221 g/mol. The Labute approximate surface area is 96.8 Å². The number of methoxy groups -OCH3 is 1. The molecule has 1 N–H and O–H groups in total. The van der Waals surface area contributed by atoms with Crippen LogP contribution in [0.2, 0.25) is 0 Å². The summed E-state index contributed by atoms with van der Waals surface area (Å²) in [4.78, 5) is 10.3. The van der Waals surface area contributed by atoms with E-state index < -0.39 is 0 Å². The predicted octanol–water partition coefficient (Wildman–Crippen LogP) is 1.91. The van der Waals surface area contributed by atoms with Crippen molar-refractivity contribution >= 4 is 6.29 Å². The molecule has 0 saturated heterocycles. The number of benzene rings is 1. The van der Waals surface area contributed by atoms with Crippen molar-refractivity contribution in [3.05, 3.63) is 28.3 Å². The molecule has 0 unspecified atom stereocenters. The topological polar surface area (TPSA) is 38.3 Å². The van der Waals surface area contributed by atoms with Crippen LogP contribution in [0.3, 0.4) is 0 Å². The summed E-state index contributed by atoms with van der Waals surface area (Å²) in [5.41, 5.74) is 4.72. The number of hydrogen-bond donors (Lipinski definition) is 1. The van der Waals surface area contributed by atoms with Gasteiger partial charge in [-0.2, -0.15) is 0 Å². The molecule has 3 nitrogen and oxygen atoms in total. The van der Waals surface area contributed by atoms with Gasteiger partial charge in [-0.15, -0.1) is 0 Å². The summed E-state index contributed by atoms with van der Waals surface area (Å²) in [6.07, 6.45) is 0.864. The minimum atomic E-state index is 0.371. The molecule has 1 rings (SSSR count). The number of aryl methyl sites for hydroxylation is 2. The minimum absolute atomic E-state index is 0.371. The van der Waals surface area contributed by atoms with Crippen LogP contribution in [-0.4, -0.2) is 19.9 Å². The molecule has 0 aliphatic rings. The van der Waals surface area contributed by atoms with E-state index in [-0.39, 0.29) is 0 Å². The van der Waals surface area contributed by atoms with Gasteiger partial charge in [0.15, 0.2) is 0 Å². The summed E-state index contributed by atoms with van der Waals surface area (Å²) in [6.45, 7) is 7.22. The van der Waals surface area contributed by atoms with E-state index in [4.69, 9.17) is 4.74 Å². The number of ether oxygens (including phenoxy) is 1. The molecule has 0 saturated carbocycles. The molecular formula is C13H19NO2. The predicted molar refractivity (Wildman–Crippen MR) is 65.0 cm³/mol. The smallest absolute Gasteiger partial charge is 0.133 e. The molecule has 88 valence electrons. The summed E-state index contributed by atoms with van der Waals surface area (Å²) in [5, 5.41) is 3.07. The van der Waals surface area contributed by atoms with E-state index in [0.29, 0.717) is 13.1 Å². The van der Waals surface area contributed by atoms with Crippen LogP contribution in [0.5, 0.6) is 5.75 Å². The Kier molecular flexibility index (Phi) is 4.50. The Bertz CT molecular complexity index is 386. The van der Waals surface area contributed by atoms with Gasteiger partial charge in [-0.25, -0.2) is 0 Å². The van der Waals surface area contributed by atoms with Crippen LogP contribution < -0.4 is 10.1 Å². The van der Waals surface area contributed by atoms with Gasteiger partial charge in [-0.1, -0.05) is 6.07 Å². The van der Waals surface area contributed by atoms with Gasteiger partial charge in [0.1, 0.15) is 12.0 Å². The fourth-order valence-electron chi connectivity index (χ4n) is 1.86. The van der Waals surface area contributed by atoms with E-state index in [1.807, 2.05) is 0 Å². The average Bonchev–Trinajstić information content (AvgIpc) is 2.26. The molecular weight excluding hydrogens is 202 g/mol. The van der Waals surface area contributed by atoms with Gasteiger partial charge >= 0.3 is 0 Å². The number of aldehydes is 1. The van der Waals surface area contributed by atoms with E-state index in [1.54, 1.807) is 7.11 Å². The summed E-state index contributed by atoms with van der Waals surface area (Å²) in [6, 6.07) is 2.15. The monoisotopic (exact) mass is 221 g/mol. The van der Waals surface area contributed by atoms with E-state index in [0.717, 1.165) is 23.2 Å². The maximum Gasteiger partial charge on any atom is 0.133 e. The normalized spacial score (nSPS) is 10.2. The Morgan fingerprint density at radius 1 is 1.31 bits per heavy atom. The molecule has 0 atom stereocenters. The van der Waals surface area contributed by atoms with Crippen LogP contribution in [0.1, 0.15) is 22.3 Å². The molecule has 16 heavy (non-hydrogen) atoms. The minimum Gasteiger partial charge on any atom is -0.496 e. The number of rotatable bonds is 5. The molecule has 3 heteroatoms. The van der Waals surface area contributed by atoms with Crippen molar-refractivity contribution in [3.63, 3.8) is 0 Å². The molecule has 0 spiro atoms. The van der Waals surface area contributed by atoms with Crippen molar-refractivity contribution in [3.8, 4) is 5.75 Å². The van der Waals surface area contributed by atoms with Crippen molar-refractivity contribution in [1.82, 2.24) is 5.32 Å². The van der Waals surface area contributed by atoms with Crippen molar-refractivity contribution in [2.45, 2.75) is 27.3 Å². The maximum atomic E-state index is 10.3. The summed E-state index contributed by atoms with van der Waals surface area (Å²) >= 11 is 0. The van der Waals surface area contributed by atoms with Crippen LogP contribution in [-0.2, 0) is 11.3 Å². The fraction of sp³-hybridized carbons (Fsp3) is 0.462. The second-order valence-corrected chi connectivity index (χ2v) is 3.94. The summed E-state index contributed by atoms with van der Waals surface area (Å²) in [5.74, 6) is 0.927. The standard InChI is InChI=1S/C13H19NO2/c1-9-7-10(2)12(8-14-5-6-15)13(16-4)11(9)3/h6-7,14H,5,8H2,1-4H3. The van der Waals surface area contributed by atoms with Crippen molar-refractivity contribution in [1.29, 1.82) is 0 Å². The van der Waals surface area contributed by atoms with E-state index >= 15 is 0 Å². The Morgan fingerprint density at radius 3 is 2.56 bits per heavy atom. The number of carbonyl (C=O) groups is 1. The molecule has 0 aliphatic carbocycles. The highest BCUT2D eigenvalue weighted by atomic mass is 16.5. The Hall–Kier alpha value is -1.35. The number of carbonyl (C=O) groups excluding carboxylic acids is 1. The SMILES string of the molecule is COc1c(C)c(C)cc(C)c1CNCC=O. The van der Waals surface area contributed by atoms with Crippen LogP contribution in [0, 0.1) is 20.8 Å². The van der Waals surface area contributed by atoms with Crippen LogP contribution in [0.25, 0.3) is 0 Å². The highest BCUT2D eigenvalue weighted by Crippen LogP contribution is 2.29. The highest BCUT2D eigenvalue weighted by molar-refractivity contribution is 5.53. The van der Waals surface area contributed by atoms with Crippen molar-refractivity contribution in [2.75, 3.05) is 13.7 Å². The van der Waals surface area contributed by atoms with Gasteiger partial charge in [0.05, 0.1) is 13.7 Å². The van der Waals surface area contributed by atoms with Crippen LogP contribution >= 0.6 is 0 Å². The Balaban J connectivity index is 3.05. The fourth-order valence-corrected chi connectivity index (χ4v) is 1.86. The molecule has 0 bridgehead atoms. The zero-order valence-corrected chi connectivity index (χ0v) is 10.4. The van der Waals surface area contributed by atoms with Gasteiger partial charge in [0, 0.05) is 12.1 Å². The molecule has 0 aromatic heterocycles. The van der Waals surface area contributed by atoms with E-state index in [2.05, 4.69) is 32.2 Å². The van der Waals surface area contributed by atoms with Gasteiger partial charge in [-0.05, 0) is 37.5 Å². The first-order chi connectivity index (χ1) is 7.61.